The Balaban J connectivity index is 1.31. The highest BCUT2D eigenvalue weighted by Crippen LogP contribution is 2.24. The third-order valence-corrected chi connectivity index (χ3v) is 6.63. The van der Waals surface area contributed by atoms with Crippen LogP contribution in [0.25, 0.3) is 10.9 Å². The van der Waals surface area contributed by atoms with Gasteiger partial charge in [-0.3, -0.25) is 14.5 Å². The van der Waals surface area contributed by atoms with Crippen molar-refractivity contribution in [3.63, 3.8) is 0 Å². The van der Waals surface area contributed by atoms with Crippen molar-refractivity contribution in [1.29, 1.82) is 0 Å². The summed E-state index contributed by atoms with van der Waals surface area (Å²) >= 11 is 0. The minimum atomic E-state index is -1.14. The number of carbonyl (C=O) groups is 5. The van der Waals surface area contributed by atoms with Crippen LogP contribution in [0.5, 0.6) is 0 Å². The van der Waals surface area contributed by atoms with Gasteiger partial charge in [-0.15, -0.1) is 0 Å². The first-order valence-corrected chi connectivity index (χ1v) is 13.1. The molecule has 3 aromatic rings. The van der Waals surface area contributed by atoms with E-state index in [4.69, 9.17) is 14.3 Å². The van der Waals surface area contributed by atoms with Crippen LogP contribution in [0.1, 0.15) is 33.3 Å². The van der Waals surface area contributed by atoms with Gasteiger partial charge in [0.25, 0.3) is 11.8 Å². The number of hydroxylamine groups is 2. The van der Waals surface area contributed by atoms with Crippen molar-refractivity contribution < 1.29 is 42.7 Å². The monoisotopic (exact) mass is 579 g/mol. The number of halogens is 1. The Bertz CT molecular complexity index is 1560. The maximum atomic E-state index is 14.0. The van der Waals surface area contributed by atoms with E-state index in [0.717, 1.165) is 22.9 Å². The Morgan fingerprint density at radius 2 is 1.69 bits per heavy atom. The van der Waals surface area contributed by atoms with Gasteiger partial charge in [0, 0.05) is 56.2 Å². The van der Waals surface area contributed by atoms with Crippen LogP contribution in [0, 0.1) is 5.82 Å². The zero-order valence-corrected chi connectivity index (χ0v) is 22.4. The van der Waals surface area contributed by atoms with Gasteiger partial charge >= 0.3 is 18.0 Å². The van der Waals surface area contributed by atoms with Crippen molar-refractivity contribution in [2.24, 2.45) is 0 Å². The molecule has 2 aliphatic rings. The number of nitrogens with zero attached hydrogens (tertiary/aromatic N) is 4. The van der Waals surface area contributed by atoms with Crippen LogP contribution in [0.15, 0.2) is 54.6 Å². The second-order valence-corrected chi connectivity index (χ2v) is 9.29. The smallest absolute Gasteiger partial charge is 0.435 e. The SMILES string of the molecule is CCOC(=O)n1nc(CC(OC(=O)/C=C\C(=O)ON2C(=O)c3ccccc3C2=O)N2CCNCC2)c2ccc(F)cc21. The second-order valence-electron chi connectivity index (χ2n) is 9.29. The van der Waals surface area contributed by atoms with Gasteiger partial charge in [-0.05, 0) is 31.2 Å². The molecule has 2 aliphatic heterocycles. The van der Waals surface area contributed by atoms with E-state index in [-0.39, 0.29) is 29.7 Å². The van der Waals surface area contributed by atoms with Gasteiger partial charge < -0.3 is 19.6 Å². The van der Waals surface area contributed by atoms with E-state index in [2.05, 4.69) is 10.4 Å². The highest BCUT2D eigenvalue weighted by atomic mass is 19.1. The summed E-state index contributed by atoms with van der Waals surface area (Å²) in [6.45, 7) is 4.02. The summed E-state index contributed by atoms with van der Waals surface area (Å²) in [5.41, 5.74) is 0.754. The zero-order valence-electron chi connectivity index (χ0n) is 22.4. The van der Waals surface area contributed by atoms with Gasteiger partial charge in [-0.2, -0.15) is 9.78 Å². The number of esters is 1. The fourth-order valence-electron chi connectivity index (χ4n) is 4.69. The van der Waals surface area contributed by atoms with Crippen LogP contribution in [-0.4, -0.2) is 88.6 Å². The number of imide groups is 1. The van der Waals surface area contributed by atoms with Crippen molar-refractivity contribution in [2.45, 2.75) is 19.6 Å². The highest BCUT2D eigenvalue weighted by molar-refractivity contribution is 6.21. The van der Waals surface area contributed by atoms with Crippen molar-refractivity contribution in [3.8, 4) is 0 Å². The Morgan fingerprint density at radius 1 is 1.02 bits per heavy atom. The van der Waals surface area contributed by atoms with E-state index in [0.29, 0.717) is 42.3 Å². The lowest BCUT2D eigenvalue weighted by Gasteiger charge is -2.33. The van der Waals surface area contributed by atoms with Gasteiger partial charge in [-0.25, -0.2) is 18.8 Å². The number of rotatable bonds is 8. The molecule has 0 radical (unpaired) electrons. The number of amides is 2. The van der Waals surface area contributed by atoms with Crippen LogP contribution in [0.3, 0.4) is 0 Å². The number of nitrogens with one attached hydrogen (secondary N) is 1. The minimum absolute atomic E-state index is 0.0353. The third-order valence-electron chi connectivity index (χ3n) is 6.63. The lowest BCUT2D eigenvalue weighted by molar-refractivity contribution is -0.162. The number of hydrogen-bond acceptors (Lipinski definition) is 11. The molecule has 0 bridgehead atoms. The molecule has 2 amide bonds. The molecule has 1 saturated heterocycles. The topological polar surface area (TPSA) is 149 Å². The average molecular weight is 580 g/mol. The molecule has 218 valence electrons. The Labute approximate surface area is 238 Å². The van der Waals surface area contributed by atoms with Gasteiger partial charge in [0.2, 0.25) is 0 Å². The largest absolute Gasteiger partial charge is 0.448 e. The van der Waals surface area contributed by atoms with Crippen LogP contribution in [0.4, 0.5) is 9.18 Å². The molecule has 1 N–H and O–H groups in total. The lowest BCUT2D eigenvalue weighted by atomic mass is 10.1. The van der Waals surface area contributed by atoms with Gasteiger partial charge in [-0.1, -0.05) is 17.2 Å². The van der Waals surface area contributed by atoms with E-state index in [1.54, 1.807) is 19.1 Å². The Kier molecular flexibility index (Phi) is 8.36. The number of hydrogen-bond donors (Lipinski definition) is 1. The predicted octanol–water partition coefficient (Wildman–Crippen LogP) is 1.81. The van der Waals surface area contributed by atoms with Gasteiger partial charge in [0.05, 0.1) is 28.9 Å². The Hall–Kier alpha value is -4.95. The molecule has 3 heterocycles. The van der Waals surface area contributed by atoms with Gasteiger partial charge in [0.1, 0.15) is 5.82 Å². The van der Waals surface area contributed by atoms with Crippen molar-refractivity contribution in [3.05, 3.63) is 77.3 Å². The molecule has 0 spiro atoms. The summed E-state index contributed by atoms with van der Waals surface area (Å²) in [5, 5.41) is 8.34. The number of ether oxygens (including phenoxy) is 2. The summed E-state index contributed by atoms with van der Waals surface area (Å²) in [5.74, 6) is -4.21. The van der Waals surface area contributed by atoms with E-state index >= 15 is 0 Å². The Morgan fingerprint density at radius 3 is 2.36 bits per heavy atom. The van der Waals surface area contributed by atoms with Gasteiger partial charge in [0.15, 0.2) is 6.23 Å². The van der Waals surface area contributed by atoms with Crippen LogP contribution < -0.4 is 5.32 Å². The number of piperazine rings is 1. The minimum Gasteiger partial charge on any atom is -0.448 e. The summed E-state index contributed by atoms with van der Waals surface area (Å²) in [6.07, 6.45) is -0.0487. The molecular weight excluding hydrogens is 553 g/mol. The van der Waals surface area contributed by atoms with E-state index < -0.39 is 41.9 Å². The lowest BCUT2D eigenvalue weighted by Crippen LogP contribution is -2.50. The molecule has 14 heteroatoms. The first-order valence-electron chi connectivity index (χ1n) is 13.1. The standard InChI is InChI=1S/C28H26FN5O8/c1-2-40-28(39)33-22-15-17(29)7-8-20(22)21(31-33)16-23(32-13-11-30-12-14-32)41-24(35)9-10-25(36)42-34-26(37)18-5-3-4-6-19(18)27(34)38/h3-10,15,23,30H,2,11-14,16H2,1H3/b10-9-. The number of aromatic nitrogens is 2. The highest BCUT2D eigenvalue weighted by Gasteiger charge is 2.38. The summed E-state index contributed by atoms with van der Waals surface area (Å²) < 4.78 is 25.7. The molecule has 5 rings (SSSR count). The predicted molar refractivity (Wildman–Crippen MR) is 142 cm³/mol. The average Bonchev–Trinajstić information content (AvgIpc) is 3.46. The van der Waals surface area contributed by atoms with Crippen molar-refractivity contribution in [2.75, 3.05) is 32.8 Å². The molecule has 0 saturated carbocycles. The maximum absolute atomic E-state index is 14.0. The fourth-order valence-corrected chi connectivity index (χ4v) is 4.69. The van der Waals surface area contributed by atoms with Crippen LogP contribution >= 0.6 is 0 Å². The zero-order chi connectivity index (χ0) is 29.8. The molecule has 2 aromatic carbocycles. The fraction of sp³-hybridized carbons (Fsp3) is 0.286. The first kappa shape index (κ1) is 28.6. The molecule has 13 nitrogen and oxygen atoms in total. The maximum Gasteiger partial charge on any atom is 0.435 e. The van der Waals surface area contributed by atoms with Crippen molar-refractivity contribution >= 4 is 40.7 Å². The molecule has 1 aromatic heterocycles. The molecule has 1 atom stereocenters. The molecule has 42 heavy (non-hydrogen) atoms. The summed E-state index contributed by atoms with van der Waals surface area (Å²) in [7, 11) is 0. The number of carbonyl (C=O) groups excluding carboxylic acids is 5. The third kappa shape index (κ3) is 5.89. The van der Waals surface area contributed by atoms with E-state index in [9.17, 15) is 28.4 Å². The van der Waals surface area contributed by atoms with Crippen LogP contribution in [-0.2, 0) is 30.3 Å². The normalized spacial score (nSPS) is 16.1. The summed E-state index contributed by atoms with van der Waals surface area (Å²) in [4.78, 5) is 69.2. The molecule has 1 fully saturated rings. The molecule has 1 unspecified atom stereocenters. The number of benzene rings is 2. The second kappa shape index (κ2) is 12.3. The van der Waals surface area contributed by atoms with Crippen molar-refractivity contribution in [1.82, 2.24) is 25.1 Å². The first-order chi connectivity index (χ1) is 20.3. The molecular formula is C28H26FN5O8. The number of fused-ring (bicyclic) bond motifs is 2. The van der Waals surface area contributed by atoms with E-state index in [1.807, 2.05) is 4.90 Å². The summed E-state index contributed by atoms with van der Waals surface area (Å²) in [6, 6.07) is 9.89. The van der Waals surface area contributed by atoms with Crippen LogP contribution in [0.2, 0.25) is 0 Å². The van der Waals surface area contributed by atoms with E-state index in [1.165, 1.54) is 24.3 Å². The molecule has 0 aliphatic carbocycles. The quantitative estimate of drug-likeness (QED) is 0.237.